The van der Waals surface area contributed by atoms with Crippen LogP contribution < -0.4 is 5.56 Å². The fourth-order valence-electron chi connectivity index (χ4n) is 2.27. The predicted octanol–water partition coefficient (Wildman–Crippen LogP) is 1.63. The van der Waals surface area contributed by atoms with Crippen molar-refractivity contribution in [3.63, 3.8) is 0 Å². The lowest BCUT2D eigenvalue weighted by Crippen LogP contribution is -2.25. The first kappa shape index (κ1) is 12.5. The van der Waals surface area contributed by atoms with Gasteiger partial charge >= 0.3 is 0 Å². The average Bonchev–Trinajstić information content (AvgIpc) is 2.84. The van der Waals surface area contributed by atoms with Gasteiger partial charge in [0.1, 0.15) is 0 Å². The van der Waals surface area contributed by atoms with Gasteiger partial charge in [-0.25, -0.2) is 4.98 Å². The van der Waals surface area contributed by atoms with Crippen LogP contribution in [-0.2, 0) is 6.42 Å². The maximum Gasteiger partial charge on any atom is 0.263 e. The molecule has 0 amide bonds. The standard InChI is InChI=1S/C14H15N5O/c1-9-5-11(18-17-9)6-10(2)19-8-16-13-3-4-15-7-12(13)14(19)20/h3-5,7-8,10H,6H2,1-2H3,(H,17,18)/t10-/m0/s1. The largest absolute Gasteiger partial charge is 0.295 e. The van der Waals surface area contributed by atoms with Crippen LogP contribution in [0.5, 0.6) is 0 Å². The molecule has 0 aliphatic carbocycles. The van der Waals surface area contributed by atoms with E-state index in [0.29, 0.717) is 17.3 Å². The van der Waals surface area contributed by atoms with E-state index in [0.717, 1.165) is 11.4 Å². The summed E-state index contributed by atoms with van der Waals surface area (Å²) in [6.45, 7) is 3.94. The Balaban J connectivity index is 1.97. The molecule has 0 aliphatic rings. The molecular weight excluding hydrogens is 254 g/mol. The van der Waals surface area contributed by atoms with Gasteiger partial charge in [-0.3, -0.25) is 19.4 Å². The third-order valence-electron chi connectivity index (χ3n) is 3.32. The molecule has 1 N–H and O–H groups in total. The number of H-pyrrole nitrogens is 1. The molecule has 0 fully saturated rings. The lowest BCUT2D eigenvalue weighted by Gasteiger charge is -2.13. The third kappa shape index (κ3) is 2.20. The average molecular weight is 269 g/mol. The molecule has 0 bridgehead atoms. The van der Waals surface area contributed by atoms with Crippen molar-refractivity contribution < 1.29 is 0 Å². The summed E-state index contributed by atoms with van der Waals surface area (Å²) in [5.74, 6) is 0. The molecule has 6 heteroatoms. The molecule has 3 heterocycles. The van der Waals surface area contributed by atoms with Gasteiger partial charge in [-0.2, -0.15) is 5.10 Å². The molecule has 0 spiro atoms. The molecule has 20 heavy (non-hydrogen) atoms. The number of nitrogens with zero attached hydrogens (tertiary/aromatic N) is 4. The molecule has 0 aliphatic heterocycles. The molecule has 0 radical (unpaired) electrons. The fourth-order valence-corrected chi connectivity index (χ4v) is 2.27. The third-order valence-corrected chi connectivity index (χ3v) is 3.32. The van der Waals surface area contributed by atoms with Crippen molar-refractivity contribution in [3.8, 4) is 0 Å². The van der Waals surface area contributed by atoms with E-state index in [1.54, 1.807) is 29.4 Å². The normalized spacial score (nSPS) is 12.7. The van der Waals surface area contributed by atoms with Crippen LogP contribution in [0.3, 0.4) is 0 Å². The van der Waals surface area contributed by atoms with E-state index in [9.17, 15) is 4.79 Å². The minimum atomic E-state index is -0.0668. The number of aromatic amines is 1. The van der Waals surface area contributed by atoms with E-state index < -0.39 is 0 Å². The van der Waals surface area contributed by atoms with E-state index >= 15 is 0 Å². The summed E-state index contributed by atoms with van der Waals surface area (Å²) >= 11 is 0. The van der Waals surface area contributed by atoms with E-state index in [4.69, 9.17) is 0 Å². The molecule has 3 rings (SSSR count). The van der Waals surface area contributed by atoms with Crippen LogP contribution in [-0.4, -0.2) is 24.7 Å². The maximum atomic E-state index is 12.4. The van der Waals surface area contributed by atoms with Gasteiger partial charge in [-0.15, -0.1) is 0 Å². The Morgan fingerprint density at radius 2 is 2.30 bits per heavy atom. The Morgan fingerprint density at radius 1 is 1.45 bits per heavy atom. The van der Waals surface area contributed by atoms with E-state index in [1.807, 2.05) is 19.9 Å². The first-order chi connectivity index (χ1) is 9.65. The maximum absolute atomic E-state index is 12.4. The first-order valence-corrected chi connectivity index (χ1v) is 6.47. The molecule has 0 unspecified atom stereocenters. The second kappa shape index (κ2) is 4.88. The zero-order chi connectivity index (χ0) is 14.1. The van der Waals surface area contributed by atoms with Crippen molar-refractivity contribution in [2.75, 3.05) is 0 Å². The van der Waals surface area contributed by atoms with Crippen molar-refractivity contribution in [1.29, 1.82) is 0 Å². The van der Waals surface area contributed by atoms with Crippen LogP contribution >= 0.6 is 0 Å². The molecular formula is C14H15N5O. The lowest BCUT2D eigenvalue weighted by molar-refractivity contribution is 0.517. The zero-order valence-electron chi connectivity index (χ0n) is 11.4. The molecule has 3 aromatic rings. The van der Waals surface area contributed by atoms with Gasteiger partial charge in [0.2, 0.25) is 0 Å². The molecule has 1 atom stereocenters. The van der Waals surface area contributed by atoms with E-state index in [2.05, 4.69) is 20.2 Å². The highest BCUT2D eigenvalue weighted by Crippen LogP contribution is 2.12. The van der Waals surface area contributed by atoms with Gasteiger partial charge in [0.25, 0.3) is 5.56 Å². The molecule has 0 saturated carbocycles. The van der Waals surface area contributed by atoms with Gasteiger partial charge in [-0.05, 0) is 26.0 Å². The number of fused-ring (bicyclic) bond motifs is 1. The number of hydrogen-bond acceptors (Lipinski definition) is 4. The Labute approximate surface area is 115 Å². The van der Waals surface area contributed by atoms with Crippen molar-refractivity contribution in [1.82, 2.24) is 24.7 Å². The van der Waals surface area contributed by atoms with Gasteiger partial charge in [0.15, 0.2) is 0 Å². The predicted molar refractivity (Wildman–Crippen MR) is 75.5 cm³/mol. The van der Waals surface area contributed by atoms with Gasteiger partial charge in [-0.1, -0.05) is 0 Å². The van der Waals surface area contributed by atoms with Crippen molar-refractivity contribution in [3.05, 3.63) is 52.6 Å². The SMILES string of the molecule is Cc1cc(C[C@H](C)n2cnc3ccncc3c2=O)n[nH]1. The minimum absolute atomic E-state index is 0.0118. The van der Waals surface area contributed by atoms with Crippen molar-refractivity contribution in [2.45, 2.75) is 26.3 Å². The minimum Gasteiger partial charge on any atom is -0.295 e. The molecule has 102 valence electrons. The smallest absolute Gasteiger partial charge is 0.263 e. The molecule has 0 saturated heterocycles. The highest BCUT2D eigenvalue weighted by molar-refractivity contribution is 5.75. The van der Waals surface area contributed by atoms with E-state index in [-0.39, 0.29) is 11.6 Å². The van der Waals surface area contributed by atoms with Crippen molar-refractivity contribution in [2.24, 2.45) is 0 Å². The number of aryl methyl sites for hydroxylation is 1. The highest BCUT2D eigenvalue weighted by Gasteiger charge is 2.12. The van der Waals surface area contributed by atoms with Crippen LogP contribution in [0, 0.1) is 6.92 Å². The second-order valence-corrected chi connectivity index (χ2v) is 4.95. The summed E-state index contributed by atoms with van der Waals surface area (Å²) in [6.07, 6.45) is 5.47. The summed E-state index contributed by atoms with van der Waals surface area (Å²) in [6, 6.07) is 3.71. The Bertz CT molecular complexity index is 804. The molecule has 6 nitrogen and oxygen atoms in total. The van der Waals surface area contributed by atoms with Crippen LogP contribution in [0.15, 0.2) is 35.6 Å². The Hall–Kier alpha value is -2.50. The lowest BCUT2D eigenvalue weighted by atomic mass is 10.1. The van der Waals surface area contributed by atoms with Gasteiger partial charge in [0.05, 0.1) is 22.9 Å². The Kier molecular flexibility index (Phi) is 3.06. The summed E-state index contributed by atoms with van der Waals surface area (Å²) in [4.78, 5) is 20.7. The van der Waals surface area contributed by atoms with Crippen LogP contribution in [0.2, 0.25) is 0 Å². The van der Waals surface area contributed by atoms with Gasteiger partial charge < -0.3 is 0 Å². The zero-order valence-corrected chi connectivity index (χ0v) is 11.4. The van der Waals surface area contributed by atoms with Gasteiger partial charge in [0, 0.05) is 30.6 Å². The number of rotatable bonds is 3. The summed E-state index contributed by atoms with van der Waals surface area (Å²) in [5.41, 5.74) is 2.56. The van der Waals surface area contributed by atoms with Crippen LogP contribution in [0.1, 0.15) is 24.4 Å². The van der Waals surface area contributed by atoms with Crippen LogP contribution in [0.25, 0.3) is 10.9 Å². The monoisotopic (exact) mass is 269 g/mol. The molecule has 0 aromatic carbocycles. The van der Waals surface area contributed by atoms with E-state index in [1.165, 1.54) is 0 Å². The topological polar surface area (TPSA) is 76.5 Å². The number of hydrogen-bond donors (Lipinski definition) is 1. The van der Waals surface area contributed by atoms with Crippen molar-refractivity contribution >= 4 is 10.9 Å². The highest BCUT2D eigenvalue weighted by atomic mass is 16.1. The summed E-state index contributed by atoms with van der Waals surface area (Å²) in [7, 11) is 0. The first-order valence-electron chi connectivity index (χ1n) is 6.47. The summed E-state index contributed by atoms with van der Waals surface area (Å²) in [5, 5.41) is 7.65. The Morgan fingerprint density at radius 3 is 3.05 bits per heavy atom. The summed E-state index contributed by atoms with van der Waals surface area (Å²) < 4.78 is 1.63. The number of nitrogens with one attached hydrogen (secondary N) is 1. The molecule has 3 aromatic heterocycles. The number of pyridine rings is 1. The quantitative estimate of drug-likeness (QED) is 0.784. The van der Waals surface area contributed by atoms with Crippen LogP contribution in [0.4, 0.5) is 0 Å². The second-order valence-electron chi connectivity index (χ2n) is 4.95. The number of aromatic nitrogens is 5. The fraction of sp³-hybridized carbons (Fsp3) is 0.286.